The van der Waals surface area contributed by atoms with Crippen molar-refractivity contribution in [2.24, 2.45) is 11.7 Å². The molecule has 1 fully saturated rings. The van der Waals surface area contributed by atoms with Crippen LogP contribution in [-0.2, 0) is 26.3 Å². The van der Waals surface area contributed by atoms with Crippen LogP contribution in [0.1, 0.15) is 41.1 Å². The van der Waals surface area contributed by atoms with Gasteiger partial charge in [0.2, 0.25) is 5.76 Å². The molecule has 1 aliphatic heterocycles. The van der Waals surface area contributed by atoms with Gasteiger partial charge < -0.3 is 20.0 Å². The van der Waals surface area contributed by atoms with E-state index >= 15 is 0 Å². The number of nitrogens with two attached hydrogens (primary N) is 1. The van der Waals surface area contributed by atoms with E-state index in [1.807, 2.05) is 0 Å². The molecule has 3 rings (SSSR count). The van der Waals surface area contributed by atoms with Gasteiger partial charge >= 0.3 is 11.9 Å². The first-order chi connectivity index (χ1) is 16.4. The number of likely N-dealkylation sites (tertiary alicyclic amines) is 1. The zero-order valence-electron chi connectivity index (χ0n) is 18.5. The minimum Gasteiger partial charge on any atom is -0.481 e. The predicted molar refractivity (Wildman–Crippen MR) is 122 cm³/mol. The van der Waals surface area contributed by atoms with E-state index in [4.69, 9.17) is 24.8 Å². The van der Waals surface area contributed by atoms with Gasteiger partial charge in [-0.15, -0.1) is 0 Å². The molecule has 35 heavy (non-hydrogen) atoms. The van der Waals surface area contributed by atoms with Crippen molar-refractivity contribution < 1.29 is 41.6 Å². The van der Waals surface area contributed by atoms with Gasteiger partial charge in [-0.05, 0) is 55.8 Å². The summed E-state index contributed by atoms with van der Waals surface area (Å²) in [6.07, 6.45) is 0.593. The standard InChI is InChI=1S/C22H25N3O9S/c23-20(24)13-3-5-15(6-4-13)34-22(29)19-8-7-16(33-19)11-25-9-1-2-17(25)18(26)10-14(21(27)28)12-35(30,31)32/h3-8,14,17H,1-2,9-12H2,(H3,23,24)(H,27,28)(H,30,31,32)/t14-,17-/m0/s1. The summed E-state index contributed by atoms with van der Waals surface area (Å²) in [4.78, 5) is 38.2. The number of rotatable bonds is 11. The number of nitrogens with zero attached hydrogens (tertiary/aromatic N) is 1. The summed E-state index contributed by atoms with van der Waals surface area (Å²) in [5.41, 5.74) is 5.87. The van der Waals surface area contributed by atoms with Gasteiger partial charge in [0, 0.05) is 12.0 Å². The lowest BCUT2D eigenvalue weighted by Gasteiger charge is -2.23. The van der Waals surface area contributed by atoms with Crippen molar-refractivity contribution in [2.75, 3.05) is 12.3 Å². The van der Waals surface area contributed by atoms with Crippen LogP contribution in [0.4, 0.5) is 0 Å². The molecule has 0 bridgehead atoms. The number of hydrogen-bond donors (Lipinski definition) is 4. The Bertz CT molecular complexity index is 1220. The molecule has 2 atom stereocenters. The van der Waals surface area contributed by atoms with Crippen LogP contribution in [0.15, 0.2) is 40.8 Å². The summed E-state index contributed by atoms with van der Waals surface area (Å²) in [7, 11) is -4.55. The number of benzene rings is 1. The highest BCUT2D eigenvalue weighted by atomic mass is 32.2. The number of aliphatic carboxylic acids is 1. The van der Waals surface area contributed by atoms with Crippen molar-refractivity contribution in [3.63, 3.8) is 0 Å². The predicted octanol–water partition coefficient (Wildman–Crippen LogP) is 1.30. The van der Waals surface area contributed by atoms with Crippen LogP contribution in [0, 0.1) is 11.3 Å². The molecule has 1 aliphatic rings. The molecule has 0 amide bonds. The molecule has 5 N–H and O–H groups in total. The molecule has 0 unspecified atom stereocenters. The van der Waals surface area contributed by atoms with Crippen molar-refractivity contribution in [3.05, 3.63) is 53.5 Å². The number of carbonyl (C=O) groups is 3. The number of esters is 1. The lowest BCUT2D eigenvalue weighted by atomic mass is 9.98. The average molecular weight is 508 g/mol. The number of ether oxygens (including phenoxy) is 1. The van der Waals surface area contributed by atoms with E-state index in [0.29, 0.717) is 30.7 Å². The molecular weight excluding hydrogens is 482 g/mol. The molecule has 0 spiro atoms. The van der Waals surface area contributed by atoms with E-state index < -0.39 is 52.0 Å². The molecule has 188 valence electrons. The zero-order valence-corrected chi connectivity index (χ0v) is 19.4. The summed E-state index contributed by atoms with van der Waals surface area (Å²) >= 11 is 0. The van der Waals surface area contributed by atoms with Crippen molar-refractivity contribution in [2.45, 2.75) is 31.8 Å². The first-order valence-electron chi connectivity index (χ1n) is 10.6. The first kappa shape index (κ1) is 26.1. The van der Waals surface area contributed by atoms with E-state index in [9.17, 15) is 27.9 Å². The van der Waals surface area contributed by atoms with E-state index in [0.717, 1.165) is 0 Å². The minimum absolute atomic E-state index is 0.0585. The minimum atomic E-state index is -4.55. The molecule has 1 aromatic heterocycles. The molecule has 0 radical (unpaired) electrons. The normalized spacial score (nSPS) is 17.1. The van der Waals surface area contributed by atoms with E-state index in [2.05, 4.69) is 0 Å². The highest BCUT2D eigenvalue weighted by Gasteiger charge is 2.35. The molecule has 0 saturated carbocycles. The van der Waals surface area contributed by atoms with E-state index in [1.165, 1.54) is 30.3 Å². The van der Waals surface area contributed by atoms with E-state index in [-0.39, 0.29) is 23.9 Å². The summed E-state index contributed by atoms with van der Waals surface area (Å²) in [6, 6.07) is 8.41. The van der Waals surface area contributed by atoms with E-state index in [1.54, 1.807) is 11.0 Å². The Kier molecular flexibility index (Phi) is 8.04. The van der Waals surface area contributed by atoms with Gasteiger partial charge in [0.25, 0.3) is 10.1 Å². The fourth-order valence-corrected chi connectivity index (χ4v) is 4.63. The van der Waals surface area contributed by atoms with Crippen LogP contribution in [-0.4, -0.2) is 64.9 Å². The second-order valence-corrected chi connectivity index (χ2v) is 9.67. The number of hydrogen-bond acceptors (Lipinski definition) is 9. The Labute approximate surface area is 200 Å². The molecule has 2 heterocycles. The molecule has 0 aliphatic carbocycles. The number of nitrogen functional groups attached to an aromatic ring is 1. The number of ketones is 1. The summed E-state index contributed by atoms with van der Waals surface area (Å²) in [6.45, 7) is 0.697. The van der Waals surface area contributed by atoms with Crippen LogP contribution >= 0.6 is 0 Å². The second kappa shape index (κ2) is 10.8. The van der Waals surface area contributed by atoms with Crippen molar-refractivity contribution in [1.82, 2.24) is 4.90 Å². The number of amidine groups is 1. The van der Waals surface area contributed by atoms with Crippen molar-refractivity contribution in [1.29, 1.82) is 5.41 Å². The molecule has 1 aromatic carbocycles. The molecule has 13 heteroatoms. The maximum Gasteiger partial charge on any atom is 0.379 e. The number of carboxylic acids is 1. The smallest absolute Gasteiger partial charge is 0.379 e. The van der Waals surface area contributed by atoms with Gasteiger partial charge in [0.15, 0.2) is 5.78 Å². The number of furan rings is 1. The first-order valence-corrected chi connectivity index (χ1v) is 12.2. The Morgan fingerprint density at radius 3 is 2.49 bits per heavy atom. The van der Waals surface area contributed by atoms with Gasteiger partial charge in [0.05, 0.1) is 24.3 Å². The van der Waals surface area contributed by atoms with Crippen molar-refractivity contribution in [3.8, 4) is 5.75 Å². The van der Waals surface area contributed by atoms with Crippen LogP contribution < -0.4 is 10.5 Å². The molecular formula is C22H25N3O9S. The zero-order chi connectivity index (χ0) is 25.8. The summed E-state index contributed by atoms with van der Waals surface area (Å²) < 4.78 is 41.9. The third-order valence-corrected chi connectivity index (χ3v) is 6.37. The highest BCUT2D eigenvalue weighted by molar-refractivity contribution is 7.85. The van der Waals surface area contributed by atoms with Crippen LogP contribution in [0.5, 0.6) is 5.75 Å². The summed E-state index contributed by atoms with van der Waals surface area (Å²) in [5, 5.41) is 16.6. The van der Waals surface area contributed by atoms with Gasteiger partial charge in [0.1, 0.15) is 17.3 Å². The van der Waals surface area contributed by atoms with Gasteiger partial charge in [-0.25, -0.2) is 4.79 Å². The Morgan fingerprint density at radius 2 is 1.89 bits per heavy atom. The van der Waals surface area contributed by atoms with Crippen LogP contribution in [0.25, 0.3) is 0 Å². The molecule has 1 saturated heterocycles. The largest absolute Gasteiger partial charge is 0.481 e. The number of carbonyl (C=O) groups excluding carboxylic acids is 2. The Hall–Kier alpha value is -3.55. The quantitative estimate of drug-likeness (QED) is 0.112. The van der Waals surface area contributed by atoms with Crippen LogP contribution in [0.2, 0.25) is 0 Å². The lowest BCUT2D eigenvalue weighted by molar-refractivity contribution is -0.143. The van der Waals surface area contributed by atoms with Crippen molar-refractivity contribution >= 4 is 33.7 Å². The SMILES string of the molecule is N=C(N)c1ccc(OC(=O)c2ccc(CN3CCC[C@H]3C(=O)C[C@@H](CS(=O)(=O)O)C(=O)O)o2)cc1. The van der Waals surface area contributed by atoms with Gasteiger partial charge in [-0.2, -0.15) is 8.42 Å². The Balaban J connectivity index is 1.61. The fourth-order valence-electron chi connectivity index (χ4n) is 3.86. The highest BCUT2D eigenvalue weighted by Crippen LogP contribution is 2.25. The lowest BCUT2D eigenvalue weighted by Crippen LogP contribution is -2.38. The third-order valence-electron chi connectivity index (χ3n) is 5.54. The number of Topliss-reactive ketones (excluding diaryl/α,β-unsaturated/α-hetero) is 1. The monoisotopic (exact) mass is 507 g/mol. The number of nitrogens with one attached hydrogen (secondary N) is 1. The fraction of sp³-hybridized carbons (Fsp3) is 0.364. The molecule has 12 nitrogen and oxygen atoms in total. The van der Waals surface area contributed by atoms with Gasteiger partial charge in [-0.3, -0.25) is 24.5 Å². The maximum absolute atomic E-state index is 12.7. The number of carboxylic acid groups (broad SMARTS) is 1. The van der Waals surface area contributed by atoms with Crippen LogP contribution in [0.3, 0.4) is 0 Å². The average Bonchev–Trinajstić information content (AvgIpc) is 3.42. The second-order valence-electron chi connectivity index (χ2n) is 8.18. The summed E-state index contributed by atoms with van der Waals surface area (Å²) in [5.74, 6) is -4.81. The molecule has 2 aromatic rings. The third kappa shape index (κ3) is 7.21. The van der Waals surface area contributed by atoms with Gasteiger partial charge in [-0.1, -0.05) is 0 Å². The topological polar surface area (TPSA) is 201 Å². The Morgan fingerprint density at radius 1 is 1.20 bits per heavy atom. The maximum atomic E-state index is 12.7.